The fourth-order valence-electron chi connectivity index (χ4n) is 3.53. The highest BCUT2D eigenvalue weighted by atomic mass is 16.6. The Kier molecular flexibility index (Phi) is 5.41. The molecule has 2 fully saturated rings. The molecule has 4 rings (SSSR count). The number of aromatic nitrogens is 1. The molecule has 0 bridgehead atoms. The Hall–Kier alpha value is -3.09. The molecule has 28 heavy (non-hydrogen) atoms. The second kappa shape index (κ2) is 8.29. The normalized spacial score (nSPS) is 16.9. The number of ether oxygens (including phenoxy) is 2. The van der Waals surface area contributed by atoms with Crippen LogP contribution in [-0.4, -0.2) is 36.2 Å². The number of rotatable bonds is 6. The van der Waals surface area contributed by atoms with Crippen molar-refractivity contribution in [3.05, 3.63) is 53.7 Å². The van der Waals surface area contributed by atoms with Gasteiger partial charge in [0.2, 0.25) is 5.88 Å². The third kappa shape index (κ3) is 4.08. The lowest BCUT2D eigenvalue weighted by Crippen LogP contribution is -2.25. The first-order valence-corrected chi connectivity index (χ1v) is 9.64. The summed E-state index contributed by atoms with van der Waals surface area (Å²) in [5.74, 6) is 0.406. The Balaban J connectivity index is 1.37. The minimum Gasteiger partial charge on any atom is -0.474 e. The van der Waals surface area contributed by atoms with Crippen LogP contribution in [0.5, 0.6) is 5.88 Å². The minimum absolute atomic E-state index is 0.189. The summed E-state index contributed by atoms with van der Waals surface area (Å²) in [5, 5.41) is 2.91. The topological polar surface area (TPSA) is 80.8 Å². The van der Waals surface area contributed by atoms with Crippen LogP contribution in [-0.2, 0) is 11.3 Å². The van der Waals surface area contributed by atoms with Crippen LogP contribution in [0.3, 0.4) is 0 Å². The van der Waals surface area contributed by atoms with Crippen LogP contribution in [0.25, 0.3) is 0 Å². The van der Waals surface area contributed by atoms with Crippen molar-refractivity contribution in [2.75, 3.05) is 18.1 Å². The zero-order chi connectivity index (χ0) is 19.3. The van der Waals surface area contributed by atoms with Crippen molar-refractivity contribution >= 4 is 17.7 Å². The lowest BCUT2D eigenvalue weighted by atomic mass is 10.1. The molecule has 2 aromatic rings. The van der Waals surface area contributed by atoms with Crippen LogP contribution in [0, 0.1) is 0 Å². The van der Waals surface area contributed by atoms with Gasteiger partial charge >= 0.3 is 6.09 Å². The summed E-state index contributed by atoms with van der Waals surface area (Å²) >= 11 is 0. The lowest BCUT2D eigenvalue weighted by molar-refractivity contribution is 0.0950. The molecule has 7 nitrogen and oxygen atoms in total. The fourth-order valence-corrected chi connectivity index (χ4v) is 3.53. The molecule has 1 aliphatic carbocycles. The third-order valence-electron chi connectivity index (χ3n) is 5.07. The summed E-state index contributed by atoms with van der Waals surface area (Å²) in [7, 11) is 0. The van der Waals surface area contributed by atoms with E-state index in [2.05, 4.69) is 10.3 Å². The summed E-state index contributed by atoms with van der Waals surface area (Å²) in [6.07, 6.45) is 6.05. The van der Waals surface area contributed by atoms with Gasteiger partial charge in [0.05, 0.1) is 6.54 Å². The molecular formula is C21H23N3O4. The third-order valence-corrected chi connectivity index (χ3v) is 5.07. The number of benzene rings is 1. The average molecular weight is 381 g/mol. The average Bonchev–Trinajstić information content (AvgIpc) is 3.39. The van der Waals surface area contributed by atoms with Crippen LogP contribution < -0.4 is 15.0 Å². The number of hydrogen-bond acceptors (Lipinski definition) is 5. The van der Waals surface area contributed by atoms with Crippen molar-refractivity contribution in [2.24, 2.45) is 0 Å². The second-order valence-electron chi connectivity index (χ2n) is 6.99. The summed E-state index contributed by atoms with van der Waals surface area (Å²) < 4.78 is 10.9. The number of amides is 2. The van der Waals surface area contributed by atoms with E-state index in [0.29, 0.717) is 31.1 Å². The molecule has 0 unspecified atom stereocenters. The number of anilines is 1. The number of hydrogen-bond donors (Lipinski definition) is 1. The zero-order valence-electron chi connectivity index (χ0n) is 15.6. The fraction of sp³-hybridized carbons (Fsp3) is 0.381. The predicted octanol–water partition coefficient (Wildman–Crippen LogP) is 3.29. The van der Waals surface area contributed by atoms with Gasteiger partial charge in [0.15, 0.2) is 0 Å². The van der Waals surface area contributed by atoms with Gasteiger partial charge in [0, 0.05) is 29.6 Å². The number of pyridine rings is 1. The molecule has 1 aromatic heterocycles. The first-order valence-electron chi connectivity index (χ1n) is 9.64. The van der Waals surface area contributed by atoms with Crippen molar-refractivity contribution in [3.63, 3.8) is 0 Å². The first kappa shape index (κ1) is 18.3. The largest absolute Gasteiger partial charge is 0.474 e. The van der Waals surface area contributed by atoms with E-state index < -0.39 is 0 Å². The minimum atomic E-state index is -0.358. The number of carbonyl (C=O) groups is 2. The van der Waals surface area contributed by atoms with Gasteiger partial charge < -0.3 is 14.8 Å². The van der Waals surface area contributed by atoms with E-state index in [1.165, 1.54) is 12.8 Å². The van der Waals surface area contributed by atoms with Crippen molar-refractivity contribution in [1.29, 1.82) is 0 Å². The molecule has 0 atom stereocenters. The number of carbonyl (C=O) groups excluding carboxylic acids is 2. The molecule has 2 aliphatic rings. The molecule has 0 spiro atoms. The monoisotopic (exact) mass is 381 g/mol. The van der Waals surface area contributed by atoms with Crippen LogP contribution in [0.15, 0.2) is 42.6 Å². The van der Waals surface area contributed by atoms with Crippen LogP contribution in [0.1, 0.15) is 41.6 Å². The molecule has 2 amide bonds. The van der Waals surface area contributed by atoms with Crippen molar-refractivity contribution in [1.82, 2.24) is 10.3 Å². The lowest BCUT2D eigenvalue weighted by Gasteiger charge is -2.16. The number of nitrogens with zero attached hydrogens (tertiary/aromatic N) is 2. The number of nitrogens with one attached hydrogen (secondary N) is 1. The van der Waals surface area contributed by atoms with E-state index in [9.17, 15) is 9.59 Å². The van der Waals surface area contributed by atoms with Crippen molar-refractivity contribution in [3.8, 4) is 5.88 Å². The highest BCUT2D eigenvalue weighted by Crippen LogP contribution is 2.25. The Labute approximate surface area is 163 Å². The highest BCUT2D eigenvalue weighted by Gasteiger charge is 2.23. The zero-order valence-corrected chi connectivity index (χ0v) is 15.6. The maximum atomic E-state index is 12.5. The van der Waals surface area contributed by atoms with Gasteiger partial charge in [-0.05, 0) is 56.0 Å². The molecule has 7 heteroatoms. The van der Waals surface area contributed by atoms with Crippen molar-refractivity contribution < 1.29 is 19.1 Å². The van der Waals surface area contributed by atoms with Gasteiger partial charge in [-0.25, -0.2) is 9.78 Å². The van der Waals surface area contributed by atoms with E-state index in [0.717, 1.165) is 24.1 Å². The molecule has 1 saturated carbocycles. The van der Waals surface area contributed by atoms with E-state index in [4.69, 9.17) is 9.47 Å². The van der Waals surface area contributed by atoms with Crippen LogP contribution in [0.2, 0.25) is 0 Å². The van der Waals surface area contributed by atoms with Crippen molar-refractivity contribution in [2.45, 2.75) is 38.3 Å². The van der Waals surface area contributed by atoms with Gasteiger partial charge in [-0.3, -0.25) is 9.69 Å². The smallest absolute Gasteiger partial charge is 0.414 e. The Morgan fingerprint density at radius 3 is 2.71 bits per heavy atom. The SMILES string of the molecule is O=C(NCc1cccnc1OC1CCCC1)c1ccc(N2CCOC2=O)cc1. The standard InChI is InChI=1S/C21H23N3O4/c25-19(15-7-9-17(10-8-15)24-12-13-27-21(24)26)23-14-16-4-3-11-22-20(16)28-18-5-1-2-6-18/h3-4,7-11,18H,1-2,5-6,12-14H2,(H,23,25). The number of cyclic esters (lactones) is 1. The molecule has 2 heterocycles. The van der Waals surface area contributed by atoms with Gasteiger partial charge in [-0.15, -0.1) is 0 Å². The first-order chi connectivity index (χ1) is 13.7. The molecule has 1 N–H and O–H groups in total. The van der Waals surface area contributed by atoms with Crippen LogP contribution >= 0.6 is 0 Å². The Morgan fingerprint density at radius 1 is 1.21 bits per heavy atom. The summed E-state index contributed by atoms with van der Waals surface area (Å²) in [6, 6.07) is 10.7. The highest BCUT2D eigenvalue weighted by molar-refractivity contribution is 5.95. The predicted molar refractivity (Wildman–Crippen MR) is 103 cm³/mol. The molecule has 1 aliphatic heterocycles. The van der Waals surface area contributed by atoms with Gasteiger partial charge in [0.25, 0.3) is 5.91 Å². The molecular weight excluding hydrogens is 358 g/mol. The Bertz CT molecular complexity index is 847. The van der Waals surface area contributed by atoms with E-state index in [1.807, 2.05) is 12.1 Å². The molecule has 146 valence electrons. The summed E-state index contributed by atoms with van der Waals surface area (Å²) in [5.41, 5.74) is 2.11. The van der Waals surface area contributed by atoms with Gasteiger partial charge in [-0.1, -0.05) is 6.07 Å². The van der Waals surface area contributed by atoms with E-state index >= 15 is 0 Å². The molecule has 1 aromatic carbocycles. The van der Waals surface area contributed by atoms with Gasteiger partial charge in [-0.2, -0.15) is 0 Å². The molecule has 1 saturated heterocycles. The maximum Gasteiger partial charge on any atom is 0.414 e. The quantitative estimate of drug-likeness (QED) is 0.830. The van der Waals surface area contributed by atoms with Gasteiger partial charge in [0.1, 0.15) is 12.7 Å². The summed E-state index contributed by atoms with van der Waals surface area (Å²) in [6.45, 7) is 1.25. The summed E-state index contributed by atoms with van der Waals surface area (Å²) in [4.78, 5) is 30.0. The van der Waals surface area contributed by atoms with E-state index in [1.54, 1.807) is 35.4 Å². The maximum absolute atomic E-state index is 12.5. The van der Waals surface area contributed by atoms with Crippen LogP contribution in [0.4, 0.5) is 10.5 Å². The van der Waals surface area contributed by atoms with E-state index in [-0.39, 0.29) is 18.1 Å². The second-order valence-corrected chi connectivity index (χ2v) is 6.99. The Morgan fingerprint density at radius 2 is 2.00 bits per heavy atom. The molecule has 0 radical (unpaired) electrons.